The van der Waals surface area contributed by atoms with Crippen molar-refractivity contribution in [1.82, 2.24) is 4.98 Å². The minimum atomic E-state index is 0.0307. The molecule has 0 saturated carbocycles. The monoisotopic (exact) mass is 373 g/mol. The van der Waals surface area contributed by atoms with Crippen molar-refractivity contribution in [2.75, 3.05) is 18.0 Å². The number of fused-ring (bicyclic) bond motifs is 1. The molecule has 0 amide bonds. The molecule has 3 aromatic rings. The molecule has 145 valence electrons. The zero-order valence-electron chi connectivity index (χ0n) is 16.5. The van der Waals surface area contributed by atoms with Crippen LogP contribution in [0.1, 0.15) is 44.1 Å². The van der Waals surface area contributed by atoms with E-state index in [9.17, 15) is 5.11 Å². The lowest BCUT2D eigenvalue weighted by molar-refractivity contribution is 0.355. The second kappa shape index (κ2) is 9.09. The Kier molecular flexibility index (Phi) is 6.11. The van der Waals surface area contributed by atoms with Crippen LogP contribution in [0.25, 0.3) is 10.9 Å². The Labute approximate surface area is 168 Å². The number of pyridine rings is 1. The van der Waals surface area contributed by atoms with Crippen LogP contribution in [0.4, 0.5) is 5.69 Å². The number of unbranched alkanes of at least 4 members (excludes halogenated alkanes) is 2. The van der Waals surface area contributed by atoms with Crippen LogP contribution in [0.3, 0.4) is 0 Å². The van der Waals surface area contributed by atoms with Crippen molar-refractivity contribution in [3.05, 3.63) is 66.4 Å². The molecule has 1 radical (unpaired) electrons. The number of rotatable bonds is 7. The summed E-state index contributed by atoms with van der Waals surface area (Å²) in [5.41, 5.74) is 3.50. The molecule has 3 heteroatoms. The lowest BCUT2D eigenvalue weighted by Gasteiger charge is -2.34. The van der Waals surface area contributed by atoms with Gasteiger partial charge < -0.3 is 4.90 Å². The second-order valence-electron chi connectivity index (χ2n) is 8.02. The van der Waals surface area contributed by atoms with Crippen LogP contribution >= 0.6 is 0 Å². The predicted octanol–water partition coefficient (Wildman–Crippen LogP) is 6.40. The zero-order chi connectivity index (χ0) is 19.2. The third-order valence-corrected chi connectivity index (χ3v) is 6.07. The highest BCUT2D eigenvalue weighted by Gasteiger charge is 2.20. The predicted molar refractivity (Wildman–Crippen MR) is 115 cm³/mol. The average molecular weight is 374 g/mol. The molecule has 1 saturated heterocycles. The summed E-state index contributed by atoms with van der Waals surface area (Å²) >= 11 is 0. The molecule has 2 heterocycles. The molecule has 1 aliphatic rings. The molecule has 0 atom stereocenters. The first-order valence-electron chi connectivity index (χ1n) is 10.6. The molecule has 0 N–H and O–H groups in total. The van der Waals surface area contributed by atoms with Crippen molar-refractivity contribution in [3.8, 4) is 5.75 Å². The third kappa shape index (κ3) is 4.64. The summed E-state index contributed by atoms with van der Waals surface area (Å²) in [7, 11) is 0. The molecule has 28 heavy (non-hydrogen) atoms. The average Bonchev–Trinajstić information content (AvgIpc) is 2.74. The number of aromatic nitrogens is 1. The zero-order valence-corrected chi connectivity index (χ0v) is 16.5. The summed E-state index contributed by atoms with van der Waals surface area (Å²) in [4.78, 5) is 6.84. The van der Waals surface area contributed by atoms with Gasteiger partial charge in [-0.05, 0) is 55.4 Å². The summed E-state index contributed by atoms with van der Waals surface area (Å²) < 4.78 is 0. The van der Waals surface area contributed by atoms with Gasteiger partial charge in [0.1, 0.15) is 0 Å². The summed E-state index contributed by atoms with van der Waals surface area (Å²) in [5.74, 6) is 0.887. The molecule has 1 aromatic heterocycles. The largest absolute Gasteiger partial charge is 0.371 e. The molecule has 1 fully saturated rings. The van der Waals surface area contributed by atoms with E-state index in [0.29, 0.717) is 0 Å². The number of aryl methyl sites for hydroxylation is 1. The van der Waals surface area contributed by atoms with E-state index in [1.165, 1.54) is 56.2 Å². The van der Waals surface area contributed by atoms with Crippen molar-refractivity contribution in [3.63, 3.8) is 0 Å². The van der Waals surface area contributed by atoms with Gasteiger partial charge in [0.25, 0.3) is 0 Å². The quantitative estimate of drug-likeness (QED) is 0.449. The summed E-state index contributed by atoms with van der Waals surface area (Å²) in [6.45, 7) is 2.21. The van der Waals surface area contributed by atoms with Gasteiger partial charge in [0, 0.05) is 36.4 Å². The van der Waals surface area contributed by atoms with E-state index in [1.807, 2.05) is 12.3 Å². The van der Waals surface area contributed by atoms with Gasteiger partial charge in [-0.25, -0.2) is 0 Å². The number of hydrogen-bond donors (Lipinski definition) is 0. The summed E-state index contributed by atoms with van der Waals surface area (Å²) in [6, 6.07) is 18.1. The van der Waals surface area contributed by atoms with Crippen LogP contribution in [0.5, 0.6) is 5.75 Å². The molecule has 0 unspecified atom stereocenters. The molecule has 2 aromatic carbocycles. The summed E-state index contributed by atoms with van der Waals surface area (Å²) in [5, 5.41) is 12.7. The van der Waals surface area contributed by atoms with E-state index >= 15 is 0 Å². The minimum Gasteiger partial charge on any atom is -0.371 e. The van der Waals surface area contributed by atoms with Gasteiger partial charge in [-0.2, -0.15) is 0 Å². The molecular formula is C25H29N2O. The van der Waals surface area contributed by atoms with Crippen LogP contribution in [0.15, 0.2) is 60.8 Å². The van der Waals surface area contributed by atoms with E-state index in [1.54, 1.807) is 12.1 Å². The Bertz CT molecular complexity index is 885. The first-order chi connectivity index (χ1) is 13.8. The number of hydrogen-bond acceptors (Lipinski definition) is 2. The Morgan fingerprint density at radius 3 is 2.57 bits per heavy atom. The van der Waals surface area contributed by atoms with Gasteiger partial charge in [0.2, 0.25) is 0 Å². The van der Waals surface area contributed by atoms with E-state index in [4.69, 9.17) is 0 Å². The van der Waals surface area contributed by atoms with E-state index in [-0.39, 0.29) is 5.75 Å². The van der Waals surface area contributed by atoms with Crippen molar-refractivity contribution in [2.24, 2.45) is 5.92 Å². The van der Waals surface area contributed by atoms with Crippen LogP contribution in [-0.2, 0) is 11.5 Å². The normalized spacial score (nSPS) is 15.2. The maximum absolute atomic E-state index is 11.6. The van der Waals surface area contributed by atoms with Gasteiger partial charge in [0.15, 0.2) is 5.75 Å². The Morgan fingerprint density at radius 1 is 0.929 bits per heavy atom. The molecule has 0 aliphatic carbocycles. The third-order valence-electron chi connectivity index (χ3n) is 6.07. The van der Waals surface area contributed by atoms with Crippen molar-refractivity contribution >= 4 is 16.6 Å². The van der Waals surface area contributed by atoms with E-state index in [0.717, 1.165) is 29.9 Å². The number of benzene rings is 2. The highest BCUT2D eigenvalue weighted by molar-refractivity contribution is 5.92. The van der Waals surface area contributed by atoms with Gasteiger partial charge in [-0.3, -0.25) is 10.1 Å². The molecule has 4 rings (SSSR count). The first kappa shape index (κ1) is 18.8. The molecular weight excluding hydrogens is 344 g/mol. The fourth-order valence-electron chi connectivity index (χ4n) is 4.43. The van der Waals surface area contributed by atoms with E-state index in [2.05, 4.69) is 46.3 Å². The second-order valence-corrected chi connectivity index (χ2v) is 8.02. The van der Waals surface area contributed by atoms with Gasteiger partial charge in [-0.15, -0.1) is 0 Å². The van der Waals surface area contributed by atoms with Gasteiger partial charge in [-0.1, -0.05) is 49.6 Å². The molecule has 0 spiro atoms. The van der Waals surface area contributed by atoms with Gasteiger partial charge in [0.05, 0.1) is 5.52 Å². The van der Waals surface area contributed by atoms with Gasteiger partial charge >= 0.3 is 0 Å². The summed E-state index contributed by atoms with van der Waals surface area (Å²) in [6.07, 6.45) is 10.9. The number of nitrogens with zero attached hydrogens (tertiary/aromatic N) is 2. The number of anilines is 1. The highest BCUT2D eigenvalue weighted by Crippen LogP contribution is 2.32. The van der Waals surface area contributed by atoms with Crippen LogP contribution in [0, 0.1) is 5.92 Å². The maximum atomic E-state index is 11.6. The van der Waals surface area contributed by atoms with Crippen molar-refractivity contribution in [2.45, 2.75) is 44.9 Å². The standard InChI is InChI=1S/C25H29N2O/c28-22-11-12-23-24(19-22)26-16-13-25(23)27-17-14-21(15-18-27)10-6-2-5-9-20-7-3-1-4-8-20/h1,3-4,7-8,11-13,16,19,21H,2,5-6,9-10,14-15,17-18H2. The fraction of sp³-hybridized carbons (Fsp3) is 0.400. The lowest BCUT2D eigenvalue weighted by Crippen LogP contribution is -2.33. The SMILES string of the molecule is [O]c1ccc2c(N3CCC(CCCCCc4ccccc4)CC3)ccnc2c1. The lowest BCUT2D eigenvalue weighted by atomic mass is 9.90. The van der Waals surface area contributed by atoms with Crippen LogP contribution in [0.2, 0.25) is 0 Å². The fourth-order valence-corrected chi connectivity index (χ4v) is 4.43. The highest BCUT2D eigenvalue weighted by atomic mass is 16.3. The molecule has 1 aliphatic heterocycles. The number of piperidine rings is 1. The van der Waals surface area contributed by atoms with Crippen LogP contribution < -0.4 is 4.90 Å². The van der Waals surface area contributed by atoms with Crippen LogP contribution in [-0.4, -0.2) is 18.1 Å². The topological polar surface area (TPSA) is 36.0 Å². The van der Waals surface area contributed by atoms with Crippen molar-refractivity contribution in [1.29, 1.82) is 0 Å². The molecule has 0 bridgehead atoms. The Hall–Kier alpha value is -2.55. The maximum Gasteiger partial charge on any atom is 0.180 e. The van der Waals surface area contributed by atoms with Crippen molar-refractivity contribution < 1.29 is 5.11 Å². The Morgan fingerprint density at radius 2 is 1.75 bits per heavy atom. The smallest absolute Gasteiger partial charge is 0.180 e. The first-order valence-corrected chi connectivity index (χ1v) is 10.6. The Balaban J connectivity index is 1.23. The minimum absolute atomic E-state index is 0.0307. The van der Waals surface area contributed by atoms with E-state index < -0.39 is 0 Å². The molecule has 3 nitrogen and oxygen atoms in total.